The molecule has 94 valence electrons. The molecule has 0 bridgehead atoms. The van der Waals surface area contributed by atoms with Crippen LogP contribution in [-0.4, -0.2) is 9.55 Å². The van der Waals surface area contributed by atoms with Crippen molar-refractivity contribution in [1.29, 1.82) is 0 Å². The third kappa shape index (κ3) is 1.69. The van der Waals surface area contributed by atoms with Crippen LogP contribution in [0.15, 0.2) is 41.6 Å². The summed E-state index contributed by atoms with van der Waals surface area (Å²) in [6, 6.07) is 12.5. The Kier molecular flexibility index (Phi) is 2.41. The first-order chi connectivity index (χ1) is 9.22. The number of aryl methyl sites for hydroxylation is 1. The van der Waals surface area contributed by atoms with Crippen molar-refractivity contribution in [3.05, 3.63) is 52.5 Å². The summed E-state index contributed by atoms with van der Waals surface area (Å²) in [4.78, 5) is 4.73. The van der Waals surface area contributed by atoms with Crippen LogP contribution in [0.5, 0.6) is 0 Å². The van der Waals surface area contributed by atoms with Gasteiger partial charge in [0.1, 0.15) is 0 Å². The van der Waals surface area contributed by atoms with E-state index in [4.69, 9.17) is 16.6 Å². The van der Waals surface area contributed by atoms with Crippen LogP contribution in [0.25, 0.3) is 16.7 Å². The Bertz CT molecular complexity index is 807. The summed E-state index contributed by atoms with van der Waals surface area (Å²) in [5.41, 5.74) is 5.93. The summed E-state index contributed by atoms with van der Waals surface area (Å²) in [7, 11) is 0. The normalized spacial score (nSPS) is 13.4. The first kappa shape index (κ1) is 11.4. The number of hydrogen-bond donors (Lipinski definition) is 0. The van der Waals surface area contributed by atoms with Gasteiger partial charge in [-0.2, -0.15) is 0 Å². The highest BCUT2D eigenvalue weighted by molar-refractivity contribution is 7.98. The van der Waals surface area contributed by atoms with Gasteiger partial charge >= 0.3 is 0 Å². The molecular weight excluding hydrogens is 276 g/mol. The van der Waals surface area contributed by atoms with Crippen molar-refractivity contribution in [3.8, 4) is 5.69 Å². The molecule has 4 heteroatoms. The molecule has 19 heavy (non-hydrogen) atoms. The number of rotatable bonds is 0. The van der Waals surface area contributed by atoms with Crippen molar-refractivity contribution < 1.29 is 0 Å². The molecule has 1 aromatic heterocycles. The number of aromatic nitrogens is 2. The molecule has 1 aliphatic rings. The first-order valence-corrected chi connectivity index (χ1v) is 7.49. The predicted octanol–water partition coefficient (Wildman–Crippen LogP) is 4.59. The lowest BCUT2D eigenvalue weighted by atomic mass is 10.2. The van der Waals surface area contributed by atoms with E-state index >= 15 is 0 Å². The number of halogens is 1. The highest BCUT2D eigenvalue weighted by atomic mass is 35.5. The molecule has 0 atom stereocenters. The van der Waals surface area contributed by atoms with E-state index in [0.717, 1.165) is 27.0 Å². The molecule has 0 unspecified atom stereocenters. The summed E-state index contributed by atoms with van der Waals surface area (Å²) < 4.78 is 2.23. The third-order valence-corrected chi connectivity index (χ3v) is 4.64. The lowest BCUT2D eigenvalue weighted by Gasteiger charge is -2.18. The Morgan fingerprint density at radius 3 is 3.00 bits per heavy atom. The fraction of sp³-hybridized carbons (Fsp3) is 0.133. The topological polar surface area (TPSA) is 17.8 Å². The minimum absolute atomic E-state index is 0.795. The minimum atomic E-state index is 0.795. The van der Waals surface area contributed by atoms with Gasteiger partial charge in [-0.25, -0.2) is 4.98 Å². The second kappa shape index (κ2) is 4.02. The van der Waals surface area contributed by atoms with Gasteiger partial charge in [-0.3, -0.25) is 4.57 Å². The standard InChI is InChI=1S/C15H11ClN2S/c1-9-2-4-14-12(6-9)17-15-18(14)13-5-3-11(16)7-10(13)8-19-15/h2-7H,8H2,1H3. The van der Waals surface area contributed by atoms with Crippen LogP contribution < -0.4 is 0 Å². The van der Waals surface area contributed by atoms with Gasteiger partial charge < -0.3 is 0 Å². The summed E-state index contributed by atoms with van der Waals surface area (Å²) in [5, 5.41) is 1.86. The number of hydrogen-bond acceptors (Lipinski definition) is 2. The van der Waals surface area contributed by atoms with Crippen molar-refractivity contribution in [2.24, 2.45) is 0 Å². The van der Waals surface area contributed by atoms with Gasteiger partial charge in [0.2, 0.25) is 0 Å². The van der Waals surface area contributed by atoms with Crippen LogP contribution in [0, 0.1) is 6.92 Å². The van der Waals surface area contributed by atoms with E-state index in [-0.39, 0.29) is 0 Å². The van der Waals surface area contributed by atoms with Gasteiger partial charge in [0.15, 0.2) is 5.16 Å². The van der Waals surface area contributed by atoms with E-state index in [2.05, 4.69) is 35.8 Å². The van der Waals surface area contributed by atoms with E-state index < -0.39 is 0 Å². The van der Waals surface area contributed by atoms with Crippen molar-refractivity contribution in [1.82, 2.24) is 9.55 Å². The molecular formula is C15H11ClN2S. The first-order valence-electron chi connectivity index (χ1n) is 6.13. The lowest BCUT2D eigenvalue weighted by Crippen LogP contribution is -2.05. The maximum absolute atomic E-state index is 6.08. The van der Waals surface area contributed by atoms with E-state index in [1.54, 1.807) is 11.8 Å². The molecule has 0 saturated carbocycles. The minimum Gasteiger partial charge on any atom is -0.287 e. The third-order valence-electron chi connectivity index (χ3n) is 3.42. The molecule has 2 aromatic carbocycles. The zero-order valence-electron chi connectivity index (χ0n) is 10.4. The molecule has 0 fully saturated rings. The Morgan fingerprint density at radius 2 is 2.11 bits per heavy atom. The molecule has 4 rings (SSSR count). The molecule has 2 heterocycles. The zero-order chi connectivity index (χ0) is 13.0. The SMILES string of the molecule is Cc1ccc2c(c1)nc1n2-c2ccc(Cl)cc2CS1. The Morgan fingerprint density at radius 1 is 1.21 bits per heavy atom. The maximum Gasteiger partial charge on any atom is 0.174 e. The molecule has 3 aromatic rings. The smallest absolute Gasteiger partial charge is 0.174 e. The molecule has 0 aliphatic carbocycles. The molecule has 0 spiro atoms. The average Bonchev–Trinajstić information content (AvgIpc) is 2.75. The molecule has 0 saturated heterocycles. The molecule has 2 nitrogen and oxygen atoms in total. The fourth-order valence-electron chi connectivity index (χ4n) is 2.53. The van der Waals surface area contributed by atoms with E-state index in [1.807, 2.05) is 12.1 Å². The van der Waals surface area contributed by atoms with Crippen LogP contribution in [0.2, 0.25) is 5.02 Å². The van der Waals surface area contributed by atoms with Gasteiger partial charge in [0, 0.05) is 10.8 Å². The fourth-order valence-corrected chi connectivity index (χ4v) is 3.73. The summed E-state index contributed by atoms with van der Waals surface area (Å²) in [6.45, 7) is 2.10. The van der Waals surface area contributed by atoms with Gasteiger partial charge in [-0.15, -0.1) is 0 Å². The number of imidazole rings is 1. The monoisotopic (exact) mass is 286 g/mol. The van der Waals surface area contributed by atoms with Crippen molar-refractivity contribution in [3.63, 3.8) is 0 Å². The lowest BCUT2D eigenvalue weighted by molar-refractivity contribution is 0.894. The van der Waals surface area contributed by atoms with Gasteiger partial charge in [0.25, 0.3) is 0 Å². The van der Waals surface area contributed by atoms with Crippen molar-refractivity contribution in [2.45, 2.75) is 17.8 Å². The van der Waals surface area contributed by atoms with E-state index in [9.17, 15) is 0 Å². The zero-order valence-corrected chi connectivity index (χ0v) is 11.9. The van der Waals surface area contributed by atoms with Crippen LogP contribution in [0.3, 0.4) is 0 Å². The Labute approximate surface area is 120 Å². The second-order valence-electron chi connectivity index (χ2n) is 4.78. The summed E-state index contributed by atoms with van der Waals surface area (Å²) in [5.74, 6) is 0.929. The van der Waals surface area contributed by atoms with Crippen molar-refractivity contribution >= 4 is 34.4 Å². The largest absolute Gasteiger partial charge is 0.287 e. The molecule has 0 radical (unpaired) electrons. The number of nitrogens with zero attached hydrogens (tertiary/aromatic N) is 2. The van der Waals surface area contributed by atoms with Gasteiger partial charge in [0.05, 0.1) is 16.7 Å². The average molecular weight is 287 g/mol. The highest BCUT2D eigenvalue weighted by Crippen LogP contribution is 2.37. The van der Waals surface area contributed by atoms with Gasteiger partial charge in [-0.05, 0) is 48.4 Å². The Balaban J connectivity index is 2.07. The van der Waals surface area contributed by atoms with E-state index in [1.165, 1.54) is 16.8 Å². The number of thioether (sulfide) groups is 1. The van der Waals surface area contributed by atoms with Crippen LogP contribution in [0.1, 0.15) is 11.1 Å². The quantitative estimate of drug-likeness (QED) is 0.601. The highest BCUT2D eigenvalue weighted by Gasteiger charge is 2.20. The summed E-state index contributed by atoms with van der Waals surface area (Å²) in [6.07, 6.45) is 0. The van der Waals surface area contributed by atoms with Crippen LogP contribution in [0.4, 0.5) is 0 Å². The van der Waals surface area contributed by atoms with Crippen LogP contribution >= 0.6 is 23.4 Å². The number of benzene rings is 2. The van der Waals surface area contributed by atoms with Crippen molar-refractivity contribution in [2.75, 3.05) is 0 Å². The predicted molar refractivity (Wildman–Crippen MR) is 80.4 cm³/mol. The molecule has 1 aliphatic heterocycles. The summed E-state index contributed by atoms with van der Waals surface area (Å²) >= 11 is 7.85. The number of fused-ring (bicyclic) bond motifs is 5. The van der Waals surface area contributed by atoms with Crippen LogP contribution in [-0.2, 0) is 5.75 Å². The maximum atomic E-state index is 6.08. The molecule has 0 amide bonds. The Hall–Kier alpha value is -1.45. The second-order valence-corrected chi connectivity index (χ2v) is 6.16. The van der Waals surface area contributed by atoms with Gasteiger partial charge in [-0.1, -0.05) is 29.4 Å². The molecule has 0 N–H and O–H groups in total. The van der Waals surface area contributed by atoms with E-state index in [0.29, 0.717) is 0 Å².